The van der Waals surface area contributed by atoms with Crippen molar-refractivity contribution in [1.29, 1.82) is 0 Å². The largest absolute Gasteiger partial charge is 0.496 e. The molecule has 0 aromatic heterocycles. The molecule has 1 aromatic rings. The second-order valence-corrected chi connectivity index (χ2v) is 2.72. The van der Waals surface area contributed by atoms with Gasteiger partial charge in [-0.3, -0.25) is 10.0 Å². The third-order valence-electron chi connectivity index (χ3n) is 1.51. The van der Waals surface area contributed by atoms with Crippen LogP contribution in [0.15, 0.2) is 18.2 Å². The highest BCUT2D eigenvalue weighted by Crippen LogP contribution is 2.22. The van der Waals surface area contributed by atoms with Crippen LogP contribution in [0.2, 0.25) is 5.02 Å². The van der Waals surface area contributed by atoms with E-state index in [1.807, 2.05) is 0 Å². The van der Waals surface area contributed by atoms with Crippen LogP contribution in [0.5, 0.6) is 5.75 Å². The highest BCUT2D eigenvalue weighted by Gasteiger charge is 2.11. The normalized spacial score (nSPS) is 9.46. The zero-order chi connectivity index (χ0) is 9.84. The smallest absolute Gasteiger partial charge is 0.278 e. The van der Waals surface area contributed by atoms with E-state index in [-0.39, 0.29) is 5.56 Å². The Morgan fingerprint density at radius 3 is 2.85 bits per heavy atom. The summed E-state index contributed by atoms with van der Waals surface area (Å²) in [6.07, 6.45) is 0. The first-order valence-corrected chi connectivity index (χ1v) is 3.85. The van der Waals surface area contributed by atoms with Gasteiger partial charge < -0.3 is 4.74 Å². The monoisotopic (exact) mass is 201 g/mol. The van der Waals surface area contributed by atoms with Crippen molar-refractivity contribution in [3.05, 3.63) is 28.8 Å². The summed E-state index contributed by atoms with van der Waals surface area (Å²) < 4.78 is 4.89. The van der Waals surface area contributed by atoms with Crippen LogP contribution in [0.4, 0.5) is 0 Å². The molecule has 0 fully saturated rings. The lowest BCUT2D eigenvalue weighted by Crippen LogP contribution is -2.19. The molecule has 0 aliphatic heterocycles. The molecule has 0 saturated carbocycles. The van der Waals surface area contributed by atoms with Crippen LogP contribution in [0.1, 0.15) is 10.4 Å². The quantitative estimate of drug-likeness (QED) is 0.563. The van der Waals surface area contributed by atoms with E-state index < -0.39 is 5.91 Å². The predicted molar refractivity (Wildman–Crippen MR) is 47.3 cm³/mol. The zero-order valence-corrected chi connectivity index (χ0v) is 7.63. The maximum atomic E-state index is 11.0. The molecule has 0 spiro atoms. The summed E-state index contributed by atoms with van der Waals surface area (Å²) in [4.78, 5) is 11.0. The van der Waals surface area contributed by atoms with E-state index in [4.69, 9.17) is 21.5 Å². The first-order valence-electron chi connectivity index (χ1n) is 3.47. The van der Waals surface area contributed by atoms with Crippen molar-refractivity contribution in [3.63, 3.8) is 0 Å². The van der Waals surface area contributed by atoms with E-state index in [9.17, 15) is 4.79 Å². The lowest BCUT2D eigenvalue weighted by atomic mass is 10.2. The molecule has 13 heavy (non-hydrogen) atoms. The molecular weight excluding hydrogens is 194 g/mol. The standard InChI is InChI=1S/C8H8ClNO3/c1-13-7-3-2-5(9)4-6(7)8(11)10-12/h2-4,12H,1H3,(H,10,11). The van der Waals surface area contributed by atoms with Gasteiger partial charge >= 0.3 is 0 Å². The van der Waals surface area contributed by atoms with E-state index in [0.717, 1.165) is 0 Å². The van der Waals surface area contributed by atoms with Crippen LogP contribution in [0.3, 0.4) is 0 Å². The summed E-state index contributed by atoms with van der Waals surface area (Å²) in [5.74, 6) is -0.296. The predicted octanol–water partition coefficient (Wildman–Crippen LogP) is 1.47. The fourth-order valence-corrected chi connectivity index (χ4v) is 1.09. The van der Waals surface area contributed by atoms with E-state index in [1.54, 1.807) is 12.1 Å². The Morgan fingerprint density at radius 2 is 2.31 bits per heavy atom. The number of rotatable bonds is 2. The molecule has 0 bridgehead atoms. The summed E-state index contributed by atoms with van der Waals surface area (Å²) in [5.41, 5.74) is 1.70. The van der Waals surface area contributed by atoms with Gasteiger partial charge in [-0.05, 0) is 18.2 Å². The Kier molecular flexibility index (Phi) is 3.11. The maximum Gasteiger partial charge on any atom is 0.278 e. The summed E-state index contributed by atoms with van der Waals surface area (Å²) in [7, 11) is 1.43. The van der Waals surface area contributed by atoms with E-state index in [2.05, 4.69) is 0 Å². The summed E-state index contributed by atoms with van der Waals surface area (Å²) in [6.45, 7) is 0. The van der Waals surface area contributed by atoms with Gasteiger partial charge in [0, 0.05) is 5.02 Å². The zero-order valence-electron chi connectivity index (χ0n) is 6.87. The molecule has 1 aromatic carbocycles. The fraction of sp³-hybridized carbons (Fsp3) is 0.125. The Hall–Kier alpha value is -1.26. The average Bonchev–Trinajstić information content (AvgIpc) is 2.16. The minimum Gasteiger partial charge on any atom is -0.496 e. The number of hydroxylamine groups is 1. The van der Waals surface area contributed by atoms with E-state index in [1.165, 1.54) is 18.7 Å². The molecule has 2 N–H and O–H groups in total. The molecule has 0 saturated heterocycles. The number of hydrogen-bond donors (Lipinski definition) is 2. The number of carbonyl (C=O) groups is 1. The van der Waals surface area contributed by atoms with Crippen molar-refractivity contribution >= 4 is 17.5 Å². The average molecular weight is 202 g/mol. The third kappa shape index (κ3) is 2.11. The van der Waals surface area contributed by atoms with Gasteiger partial charge in [0.1, 0.15) is 5.75 Å². The number of ether oxygens (including phenoxy) is 1. The SMILES string of the molecule is COc1ccc(Cl)cc1C(=O)NO. The lowest BCUT2D eigenvalue weighted by molar-refractivity contribution is 0.0703. The van der Waals surface area contributed by atoms with Crippen LogP contribution >= 0.6 is 11.6 Å². The summed E-state index contributed by atoms with van der Waals surface area (Å²) in [5, 5.41) is 8.80. The third-order valence-corrected chi connectivity index (χ3v) is 1.74. The summed E-state index contributed by atoms with van der Waals surface area (Å²) >= 11 is 5.66. The van der Waals surface area contributed by atoms with Crippen molar-refractivity contribution in [2.24, 2.45) is 0 Å². The molecule has 0 heterocycles. The van der Waals surface area contributed by atoms with Crippen LogP contribution in [0.25, 0.3) is 0 Å². The molecule has 0 unspecified atom stereocenters. The van der Waals surface area contributed by atoms with Crippen LogP contribution in [-0.2, 0) is 0 Å². The van der Waals surface area contributed by atoms with Gasteiger partial charge in [-0.2, -0.15) is 0 Å². The van der Waals surface area contributed by atoms with E-state index in [0.29, 0.717) is 10.8 Å². The van der Waals surface area contributed by atoms with E-state index >= 15 is 0 Å². The molecule has 1 amide bonds. The Balaban J connectivity index is 3.15. The number of benzene rings is 1. The van der Waals surface area contributed by atoms with Gasteiger partial charge in [-0.1, -0.05) is 11.6 Å². The summed E-state index contributed by atoms with van der Waals surface area (Å²) in [6, 6.07) is 4.55. The first-order chi connectivity index (χ1) is 6.19. The number of hydrogen-bond acceptors (Lipinski definition) is 3. The molecule has 70 valence electrons. The molecule has 5 heteroatoms. The Morgan fingerprint density at radius 1 is 1.62 bits per heavy atom. The topological polar surface area (TPSA) is 58.6 Å². The van der Waals surface area contributed by atoms with Gasteiger partial charge in [0.25, 0.3) is 5.91 Å². The number of methoxy groups -OCH3 is 1. The molecule has 0 aliphatic rings. The van der Waals surface area contributed by atoms with Crippen LogP contribution < -0.4 is 10.2 Å². The lowest BCUT2D eigenvalue weighted by Gasteiger charge is -2.06. The molecule has 0 aliphatic carbocycles. The van der Waals surface area contributed by atoms with Crippen molar-refractivity contribution in [2.75, 3.05) is 7.11 Å². The second kappa shape index (κ2) is 4.11. The number of nitrogens with one attached hydrogen (secondary N) is 1. The highest BCUT2D eigenvalue weighted by molar-refractivity contribution is 6.31. The van der Waals surface area contributed by atoms with Gasteiger partial charge in [-0.15, -0.1) is 0 Å². The van der Waals surface area contributed by atoms with Crippen molar-refractivity contribution < 1.29 is 14.7 Å². The van der Waals surface area contributed by atoms with Gasteiger partial charge in [-0.25, -0.2) is 5.48 Å². The van der Waals surface area contributed by atoms with Crippen molar-refractivity contribution in [3.8, 4) is 5.75 Å². The highest BCUT2D eigenvalue weighted by atomic mass is 35.5. The van der Waals surface area contributed by atoms with Crippen LogP contribution in [-0.4, -0.2) is 18.2 Å². The molecule has 1 rings (SSSR count). The van der Waals surface area contributed by atoms with Gasteiger partial charge in [0.2, 0.25) is 0 Å². The second-order valence-electron chi connectivity index (χ2n) is 2.29. The first kappa shape index (κ1) is 9.83. The molecular formula is C8H8ClNO3. The molecule has 4 nitrogen and oxygen atoms in total. The van der Waals surface area contributed by atoms with Crippen LogP contribution in [0, 0.1) is 0 Å². The Labute approximate surface area is 80.0 Å². The number of carbonyl (C=O) groups excluding carboxylic acids is 1. The molecule has 0 radical (unpaired) electrons. The van der Waals surface area contributed by atoms with Gasteiger partial charge in [0.15, 0.2) is 0 Å². The Bertz CT molecular complexity index is 327. The minimum atomic E-state index is -0.653. The maximum absolute atomic E-state index is 11.0. The van der Waals surface area contributed by atoms with Gasteiger partial charge in [0.05, 0.1) is 12.7 Å². The fourth-order valence-electron chi connectivity index (χ4n) is 0.918. The van der Waals surface area contributed by atoms with Crippen molar-refractivity contribution in [2.45, 2.75) is 0 Å². The van der Waals surface area contributed by atoms with Crippen molar-refractivity contribution in [1.82, 2.24) is 5.48 Å². The molecule has 0 atom stereocenters. The number of amides is 1. The number of halogens is 1. The minimum absolute atomic E-state index is 0.192.